The number of imidazole rings is 1. The van der Waals surface area contributed by atoms with Crippen LogP contribution in [0.5, 0.6) is 0 Å². The van der Waals surface area contributed by atoms with E-state index in [0.717, 1.165) is 30.9 Å². The maximum atomic E-state index is 11.8. The van der Waals surface area contributed by atoms with Gasteiger partial charge in [0.2, 0.25) is 5.91 Å². The quantitative estimate of drug-likeness (QED) is 0.843. The largest absolute Gasteiger partial charge is 0.325 e. The van der Waals surface area contributed by atoms with Crippen molar-refractivity contribution in [1.29, 1.82) is 0 Å². The van der Waals surface area contributed by atoms with Gasteiger partial charge in [-0.1, -0.05) is 6.07 Å². The first kappa shape index (κ1) is 11.9. The van der Waals surface area contributed by atoms with E-state index in [0.29, 0.717) is 13.1 Å². The second-order valence-corrected chi connectivity index (χ2v) is 4.69. The van der Waals surface area contributed by atoms with Crippen molar-refractivity contribution in [3.05, 3.63) is 36.8 Å². The molecule has 0 aromatic carbocycles. The Kier molecular flexibility index (Phi) is 3.27. The molecule has 0 unspecified atom stereocenters. The Morgan fingerprint density at radius 3 is 2.89 bits per heavy atom. The molecule has 5 heteroatoms. The monoisotopic (exact) mass is 256 g/mol. The van der Waals surface area contributed by atoms with Gasteiger partial charge in [0.15, 0.2) is 5.82 Å². The van der Waals surface area contributed by atoms with Gasteiger partial charge in [-0.25, -0.2) is 4.98 Å². The standard InChI is InChI=1S/C14H16N4O/c19-13-6-2-4-9-17(13)11-18-10-8-16-14(18)12-5-1-3-7-15-12/h1,3,5,7-8,10H,2,4,6,9,11H2. The van der Waals surface area contributed by atoms with E-state index in [1.807, 2.05) is 33.9 Å². The van der Waals surface area contributed by atoms with E-state index in [1.54, 1.807) is 12.4 Å². The van der Waals surface area contributed by atoms with Gasteiger partial charge in [-0.05, 0) is 25.0 Å². The number of pyridine rings is 1. The highest BCUT2D eigenvalue weighted by Gasteiger charge is 2.19. The molecule has 19 heavy (non-hydrogen) atoms. The van der Waals surface area contributed by atoms with Gasteiger partial charge in [-0.2, -0.15) is 0 Å². The van der Waals surface area contributed by atoms with E-state index in [1.165, 1.54) is 0 Å². The molecule has 2 aromatic heterocycles. The number of aromatic nitrogens is 3. The van der Waals surface area contributed by atoms with Gasteiger partial charge in [-0.15, -0.1) is 0 Å². The maximum Gasteiger partial charge on any atom is 0.223 e. The van der Waals surface area contributed by atoms with Crippen LogP contribution in [-0.2, 0) is 11.5 Å². The van der Waals surface area contributed by atoms with Gasteiger partial charge < -0.3 is 9.47 Å². The molecule has 98 valence electrons. The molecule has 1 fully saturated rings. The Labute approximate surface area is 111 Å². The Morgan fingerprint density at radius 2 is 2.11 bits per heavy atom. The number of nitrogens with zero attached hydrogens (tertiary/aromatic N) is 4. The van der Waals surface area contributed by atoms with Crippen molar-refractivity contribution < 1.29 is 4.79 Å². The topological polar surface area (TPSA) is 51.0 Å². The number of carbonyl (C=O) groups excluding carboxylic acids is 1. The van der Waals surface area contributed by atoms with Gasteiger partial charge in [0, 0.05) is 31.6 Å². The van der Waals surface area contributed by atoms with Crippen molar-refractivity contribution in [3.8, 4) is 11.5 Å². The zero-order valence-corrected chi connectivity index (χ0v) is 10.7. The molecule has 1 aliphatic heterocycles. The molecule has 0 spiro atoms. The van der Waals surface area contributed by atoms with Crippen LogP contribution in [0, 0.1) is 0 Å². The van der Waals surface area contributed by atoms with Crippen molar-refractivity contribution >= 4 is 5.91 Å². The molecule has 1 saturated heterocycles. The number of rotatable bonds is 3. The third kappa shape index (κ3) is 2.50. The normalized spacial score (nSPS) is 15.8. The SMILES string of the molecule is O=C1CCCCN1Cn1ccnc1-c1ccccn1. The summed E-state index contributed by atoms with van der Waals surface area (Å²) in [6.45, 7) is 1.39. The summed E-state index contributed by atoms with van der Waals surface area (Å²) < 4.78 is 1.98. The number of carbonyl (C=O) groups is 1. The van der Waals surface area contributed by atoms with Gasteiger partial charge in [-0.3, -0.25) is 9.78 Å². The molecule has 5 nitrogen and oxygen atoms in total. The second kappa shape index (κ2) is 5.22. The van der Waals surface area contributed by atoms with Crippen molar-refractivity contribution in [2.45, 2.75) is 25.9 Å². The minimum atomic E-state index is 0.229. The summed E-state index contributed by atoms with van der Waals surface area (Å²) >= 11 is 0. The maximum absolute atomic E-state index is 11.8. The first-order valence-corrected chi connectivity index (χ1v) is 6.55. The summed E-state index contributed by atoms with van der Waals surface area (Å²) in [5.41, 5.74) is 0.831. The number of amides is 1. The molecule has 0 saturated carbocycles. The lowest BCUT2D eigenvalue weighted by atomic mass is 10.1. The fourth-order valence-corrected chi connectivity index (χ4v) is 2.35. The Balaban J connectivity index is 1.82. The molecule has 2 aromatic rings. The van der Waals surface area contributed by atoms with Gasteiger partial charge >= 0.3 is 0 Å². The smallest absolute Gasteiger partial charge is 0.223 e. The molecule has 3 heterocycles. The summed E-state index contributed by atoms with van der Waals surface area (Å²) in [6, 6.07) is 5.75. The summed E-state index contributed by atoms with van der Waals surface area (Å²) in [5.74, 6) is 1.03. The third-order valence-corrected chi connectivity index (χ3v) is 3.35. The highest BCUT2D eigenvalue weighted by Crippen LogP contribution is 2.17. The van der Waals surface area contributed by atoms with Crippen LogP contribution in [-0.4, -0.2) is 31.9 Å². The number of hydrogen-bond acceptors (Lipinski definition) is 3. The molecule has 1 amide bonds. The zero-order chi connectivity index (χ0) is 13.1. The highest BCUT2D eigenvalue weighted by molar-refractivity contribution is 5.76. The van der Waals surface area contributed by atoms with Crippen molar-refractivity contribution in [3.63, 3.8) is 0 Å². The third-order valence-electron chi connectivity index (χ3n) is 3.35. The van der Waals surface area contributed by atoms with Crippen molar-refractivity contribution in [2.24, 2.45) is 0 Å². The van der Waals surface area contributed by atoms with Crippen LogP contribution in [0.4, 0.5) is 0 Å². The summed E-state index contributed by atoms with van der Waals surface area (Å²) in [5, 5.41) is 0. The predicted octanol–water partition coefficient (Wildman–Crippen LogP) is 1.92. The second-order valence-electron chi connectivity index (χ2n) is 4.69. The van der Waals surface area contributed by atoms with Gasteiger partial charge in [0.05, 0.1) is 6.67 Å². The van der Waals surface area contributed by atoms with Gasteiger partial charge in [0.25, 0.3) is 0 Å². The zero-order valence-electron chi connectivity index (χ0n) is 10.7. The van der Waals surface area contributed by atoms with Crippen LogP contribution in [0.15, 0.2) is 36.8 Å². The Bertz CT molecular complexity index is 564. The minimum absolute atomic E-state index is 0.229. The fraction of sp³-hybridized carbons (Fsp3) is 0.357. The molecular formula is C14H16N4O. The minimum Gasteiger partial charge on any atom is -0.325 e. The summed E-state index contributed by atoms with van der Waals surface area (Å²) in [6.07, 6.45) is 8.14. The van der Waals surface area contributed by atoms with E-state index in [-0.39, 0.29) is 5.91 Å². The lowest BCUT2D eigenvalue weighted by Crippen LogP contribution is -2.36. The molecule has 0 radical (unpaired) electrons. The molecule has 3 rings (SSSR count). The molecule has 0 bridgehead atoms. The van der Waals surface area contributed by atoms with Gasteiger partial charge in [0.1, 0.15) is 5.69 Å². The van der Waals surface area contributed by atoms with Crippen LogP contribution in [0.2, 0.25) is 0 Å². The molecule has 0 aliphatic carbocycles. The highest BCUT2D eigenvalue weighted by atomic mass is 16.2. The number of hydrogen-bond donors (Lipinski definition) is 0. The summed E-state index contributed by atoms with van der Waals surface area (Å²) in [7, 11) is 0. The Hall–Kier alpha value is -2.17. The van der Waals surface area contributed by atoms with Crippen LogP contribution in [0.3, 0.4) is 0 Å². The molecular weight excluding hydrogens is 240 g/mol. The molecule has 1 aliphatic rings. The van der Waals surface area contributed by atoms with Crippen LogP contribution < -0.4 is 0 Å². The first-order valence-electron chi connectivity index (χ1n) is 6.55. The van der Waals surface area contributed by atoms with E-state index in [4.69, 9.17) is 0 Å². The van der Waals surface area contributed by atoms with Crippen molar-refractivity contribution in [1.82, 2.24) is 19.4 Å². The van der Waals surface area contributed by atoms with Crippen LogP contribution in [0.1, 0.15) is 19.3 Å². The fourth-order valence-electron chi connectivity index (χ4n) is 2.35. The number of piperidine rings is 1. The predicted molar refractivity (Wildman–Crippen MR) is 71.0 cm³/mol. The van der Waals surface area contributed by atoms with E-state index >= 15 is 0 Å². The Morgan fingerprint density at radius 1 is 1.16 bits per heavy atom. The van der Waals surface area contributed by atoms with E-state index in [2.05, 4.69) is 9.97 Å². The van der Waals surface area contributed by atoms with Crippen LogP contribution >= 0.6 is 0 Å². The van der Waals surface area contributed by atoms with Crippen molar-refractivity contribution in [2.75, 3.05) is 6.54 Å². The van der Waals surface area contributed by atoms with Crippen LogP contribution in [0.25, 0.3) is 11.5 Å². The molecule has 0 atom stereocenters. The lowest BCUT2D eigenvalue weighted by molar-refractivity contribution is -0.135. The average molecular weight is 256 g/mol. The first-order chi connectivity index (χ1) is 9.34. The lowest BCUT2D eigenvalue weighted by Gasteiger charge is -2.27. The summed E-state index contributed by atoms with van der Waals surface area (Å²) in [4.78, 5) is 22.4. The van der Waals surface area contributed by atoms with E-state index < -0.39 is 0 Å². The number of likely N-dealkylation sites (tertiary alicyclic amines) is 1. The average Bonchev–Trinajstić information content (AvgIpc) is 2.91. The molecule has 0 N–H and O–H groups in total. The van der Waals surface area contributed by atoms with E-state index in [9.17, 15) is 4.79 Å².